The van der Waals surface area contributed by atoms with Crippen LogP contribution in [0.25, 0.3) is 0 Å². The van der Waals surface area contributed by atoms with Gasteiger partial charge in [0.2, 0.25) is 0 Å². The van der Waals surface area contributed by atoms with Crippen molar-refractivity contribution < 1.29 is 4.74 Å². The van der Waals surface area contributed by atoms with Crippen molar-refractivity contribution in [2.24, 2.45) is 10.9 Å². The van der Waals surface area contributed by atoms with E-state index in [1.54, 1.807) is 0 Å². The highest BCUT2D eigenvalue weighted by Crippen LogP contribution is 2.24. The Hall–Kier alpha value is -2.33. The van der Waals surface area contributed by atoms with Crippen molar-refractivity contribution in [1.82, 2.24) is 10.2 Å². The fourth-order valence-electron chi connectivity index (χ4n) is 3.89. The van der Waals surface area contributed by atoms with Gasteiger partial charge in [-0.15, -0.1) is 0 Å². The first-order chi connectivity index (χ1) is 13.8. The summed E-state index contributed by atoms with van der Waals surface area (Å²) < 4.78 is 5.47. The van der Waals surface area contributed by atoms with Crippen LogP contribution >= 0.6 is 0 Å². The fourth-order valence-corrected chi connectivity index (χ4v) is 3.89. The molecule has 1 heterocycles. The van der Waals surface area contributed by atoms with E-state index >= 15 is 0 Å². The Morgan fingerprint density at radius 2 is 1.61 bits per heavy atom. The normalized spacial score (nSPS) is 15.6. The molecule has 4 nitrogen and oxygen atoms in total. The van der Waals surface area contributed by atoms with Crippen molar-refractivity contribution in [2.75, 3.05) is 40.4 Å². The Morgan fingerprint density at radius 3 is 2.14 bits per heavy atom. The summed E-state index contributed by atoms with van der Waals surface area (Å²) in [7, 11) is 4.00. The van der Waals surface area contributed by atoms with Gasteiger partial charge in [-0.3, -0.25) is 4.99 Å². The Balaban J connectivity index is 1.60. The van der Waals surface area contributed by atoms with Crippen LogP contribution in [0.15, 0.2) is 65.7 Å². The molecule has 2 aromatic carbocycles. The first kappa shape index (κ1) is 20.4. The number of benzene rings is 2. The van der Waals surface area contributed by atoms with Crippen LogP contribution in [0.5, 0.6) is 0 Å². The molecule has 0 bridgehead atoms. The molecule has 1 aliphatic heterocycles. The van der Waals surface area contributed by atoms with Crippen molar-refractivity contribution in [2.45, 2.75) is 25.2 Å². The maximum atomic E-state index is 5.47. The van der Waals surface area contributed by atoms with Crippen LogP contribution in [0.4, 0.5) is 0 Å². The topological polar surface area (TPSA) is 36.9 Å². The Morgan fingerprint density at radius 1 is 1.04 bits per heavy atom. The first-order valence-electron chi connectivity index (χ1n) is 10.4. The molecular formula is C24H33N3O. The zero-order chi connectivity index (χ0) is 19.6. The fraction of sp³-hybridized carbons (Fsp3) is 0.458. The highest BCUT2D eigenvalue weighted by atomic mass is 16.5. The first-order valence-corrected chi connectivity index (χ1v) is 10.4. The lowest BCUT2D eigenvalue weighted by Gasteiger charge is -2.28. The number of hydrogen-bond acceptors (Lipinski definition) is 2. The molecule has 2 aromatic rings. The maximum absolute atomic E-state index is 5.47. The third kappa shape index (κ3) is 5.83. The molecule has 1 saturated heterocycles. The van der Waals surface area contributed by atoms with Crippen molar-refractivity contribution in [3.05, 3.63) is 71.8 Å². The van der Waals surface area contributed by atoms with Crippen LogP contribution in [-0.4, -0.2) is 51.3 Å². The van der Waals surface area contributed by atoms with E-state index in [0.717, 1.165) is 38.2 Å². The van der Waals surface area contributed by atoms with E-state index in [4.69, 9.17) is 4.74 Å². The van der Waals surface area contributed by atoms with Crippen LogP contribution < -0.4 is 5.32 Å². The van der Waals surface area contributed by atoms with E-state index in [1.807, 2.05) is 7.05 Å². The number of aliphatic imine (C=N–C) groups is 1. The van der Waals surface area contributed by atoms with Gasteiger partial charge in [-0.05, 0) is 36.3 Å². The number of guanidine groups is 1. The number of nitrogens with zero attached hydrogens (tertiary/aromatic N) is 2. The molecule has 3 rings (SSSR count). The van der Waals surface area contributed by atoms with E-state index in [2.05, 4.69) is 82.9 Å². The van der Waals surface area contributed by atoms with E-state index < -0.39 is 0 Å². The molecule has 4 heteroatoms. The van der Waals surface area contributed by atoms with Gasteiger partial charge in [0.05, 0.1) is 0 Å². The minimum Gasteiger partial charge on any atom is -0.381 e. The largest absolute Gasteiger partial charge is 0.381 e. The number of ether oxygens (including phenoxy) is 1. The molecule has 28 heavy (non-hydrogen) atoms. The molecule has 1 aliphatic rings. The van der Waals surface area contributed by atoms with Crippen LogP contribution in [-0.2, 0) is 4.74 Å². The third-order valence-corrected chi connectivity index (χ3v) is 5.66. The summed E-state index contributed by atoms with van der Waals surface area (Å²) in [5.41, 5.74) is 2.64. The molecular weight excluding hydrogens is 346 g/mol. The molecule has 0 unspecified atom stereocenters. The van der Waals surface area contributed by atoms with E-state index in [9.17, 15) is 0 Å². The SMILES string of the molecule is CN=C(NCC(c1ccccc1)c1ccccc1)N(C)CCC1CCOCC1. The predicted molar refractivity (Wildman–Crippen MR) is 117 cm³/mol. The van der Waals surface area contributed by atoms with E-state index in [0.29, 0.717) is 5.92 Å². The smallest absolute Gasteiger partial charge is 0.193 e. The molecule has 0 saturated carbocycles. The molecule has 0 atom stereocenters. The Labute approximate surface area is 169 Å². The highest BCUT2D eigenvalue weighted by Gasteiger charge is 2.17. The number of rotatable bonds is 7. The van der Waals surface area contributed by atoms with Gasteiger partial charge in [0.25, 0.3) is 0 Å². The second-order valence-corrected chi connectivity index (χ2v) is 7.57. The predicted octanol–water partition coefficient (Wildman–Crippen LogP) is 4.14. The van der Waals surface area contributed by atoms with Crippen LogP contribution in [0.3, 0.4) is 0 Å². The molecule has 0 spiro atoms. The quantitative estimate of drug-likeness (QED) is 0.580. The summed E-state index contributed by atoms with van der Waals surface area (Å²) in [6.07, 6.45) is 3.56. The average molecular weight is 380 g/mol. The minimum absolute atomic E-state index is 0.294. The van der Waals surface area contributed by atoms with E-state index in [1.165, 1.54) is 30.4 Å². The monoisotopic (exact) mass is 379 g/mol. The maximum Gasteiger partial charge on any atom is 0.193 e. The summed E-state index contributed by atoms with van der Waals surface area (Å²) in [6.45, 7) is 3.67. The van der Waals surface area contributed by atoms with Gasteiger partial charge in [0.1, 0.15) is 0 Å². The summed E-state index contributed by atoms with van der Waals surface area (Å²) in [5.74, 6) is 2.03. The molecule has 0 amide bonds. The Kier molecular flexibility index (Phi) is 7.92. The second kappa shape index (κ2) is 10.9. The van der Waals surface area contributed by atoms with Crippen molar-refractivity contribution in [1.29, 1.82) is 0 Å². The van der Waals surface area contributed by atoms with Gasteiger partial charge >= 0.3 is 0 Å². The third-order valence-electron chi connectivity index (χ3n) is 5.66. The van der Waals surface area contributed by atoms with Gasteiger partial charge in [-0.25, -0.2) is 0 Å². The molecule has 1 fully saturated rings. The van der Waals surface area contributed by atoms with Crippen LogP contribution in [0, 0.1) is 5.92 Å². The lowest BCUT2D eigenvalue weighted by Crippen LogP contribution is -2.41. The Bertz CT molecular complexity index is 672. The van der Waals surface area contributed by atoms with Gasteiger partial charge < -0.3 is 15.0 Å². The average Bonchev–Trinajstić information content (AvgIpc) is 2.77. The van der Waals surface area contributed by atoms with Crippen molar-refractivity contribution in [3.63, 3.8) is 0 Å². The summed E-state index contributed by atoms with van der Waals surface area (Å²) in [4.78, 5) is 6.77. The second-order valence-electron chi connectivity index (χ2n) is 7.57. The van der Waals surface area contributed by atoms with Crippen LogP contribution in [0.1, 0.15) is 36.3 Å². The van der Waals surface area contributed by atoms with Gasteiger partial charge in [-0.1, -0.05) is 60.7 Å². The molecule has 150 valence electrons. The number of hydrogen-bond donors (Lipinski definition) is 1. The van der Waals surface area contributed by atoms with Crippen LogP contribution in [0.2, 0.25) is 0 Å². The molecule has 0 radical (unpaired) electrons. The summed E-state index contributed by atoms with van der Waals surface area (Å²) >= 11 is 0. The zero-order valence-electron chi connectivity index (χ0n) is 17.2. The zero-order valence-corrected chi connectivity index (χ0v) is 17.2. The molecule has 0 aliphatic carbocycles. The molecule has 1 N–H and O–H groups in total. The minimum atomic E-state index is 0.294. The lowest BCUT2D eigenvalue weighted by atomic mass is 9.91. The number of nitrogens with one attached hydrogen (secondary N) is 1. The van der Waals surface area contributed by atoms with Crippen molar-refractivity contribution in [3.8, 4) is 0 Å². The van der Waals surface area contributed by atoms with Gasteiger partial charge in [-0.2, -0.15) is 0 Å². The van der Waals surface area contributed by atoms with Gasteiger partial charge in [0.15, 0.2) is 5.96 Å². The standard InChI is InChI=1S/C24H33N3O/c1-25-24(27(2)16-13-20-14-17-28-18-15-20)26-19-23(21-9-5-3-6-10-21)22-11-7-4-8-12-22/h3-12,20,23H,13-19H2,1-2H3,(H,25,26). The molecule has 0 aromatic heterocycles. The van der Waals surface area contributed by atoms with Gasteiger partial charge in [0, 0.05) is 46.3 Å². The van der Waals surface area contributed by atoms with Crippen molar-refractivity contribution >= 4 is 5.96 Å². The summed E-state index contributed by atoms with van der Waals surface area (Å²) in [5, 5.41) is 3.61. The van der Waals surface area contributed by atoms with E-state index in [-0.39, 0.29) is 0 Å². The summed E-state index contributed by atoms with van der Waals surface area (Å²) in [6, 6.07) is 21.4. The lowest BCUT2D eigenvalue weighted by molar-refractivity contribution is 0.0625. The highest BCUT2D eigenvalue weighted by molar-refractivity contribution is 5.79.